The van der Waals surface area contributed by atoms with Crippen LogP contribution in [0.3, 0.4) is 0 Å². The monoisotopic (exact) mass is 469 g/mol. The van der Waals surface area contributed by atoms with Crippen LogP contribution in [0, 0.1) is 6.92 Å². The summed E-state index contributed by atoms with van der Waals surface area (Å²) in [4.78, 5) is 17.1. The number of carbonyl (C=O) groups excluding carboxylic acids is 1. The van der Waals surface area contributed by atoms with Gasteiger partial charge in [0.2, 0.25) is 5.91 Å². The number of amides is 1. The predicted molar refractivity (Wildman–Crippen MR) is 121 cm³/mol. The van der Waals surface area contributed by atoms with Crippen LogP contribution in [0.4, 0.5) is 5.69 Å². The zero-order valence-corrected chi connectivity index (χ0v) is 19.3. The van der Waals surface area contributed by atoms with Crippen molar-refractivity contribution >= 4 is 44.8 Å². The van der Waals surface area contributed by atoms with E-state index in [4.69, 9.17) is 23.2 Å². The average Bonchev–Trinajstić information content (AvgIpc) is 2.71. The maximum Gasteiger partial charge on any atom is 0.264 e. The molecule has 2 aromatic carbocycles. The molecular formula is C21H25Cl2N3O3S. The third-order valence-corrected chi connectivity index (χ3v) is 7.42. The highest BCUT2D eigenvalue weighted by molar-refractivity contribution is 7.92. The molecule has 0 unspecified atom stereocenters. The highest BCUT2D eigenvalue weighted by Crippen LogP contribution is 2.30. The van der Waals surface area contributed by atoms with Crippen LogP contribution >= 0.6 is 23.2 Å². The molecule has 1 heterocycles. The summed E-state index contributed by atoms with van der Waals surface area (Å²) in [7, 11) is -4.00. The van der Waals surface area contributed by atoms with Crippen LogP contribution in [-0.2, 0) is 14.8 Å². The Morgan fingerprint density at radius 2 is 1.57 bits per heavy atom. The SMILES string of the molecule is CCN1CCN(C(=O)CN(c2cc(Cl)cc(Cl)c2)S(=O)(=O)c2ccc(C)cc2)CC1. The summed E-state index contributed by atoms with van der Waals surface area (Å²) in [5.74, 6) is -0.252. The average molecular weight is 470 g/mol. The molecule has 1 amide bonds. The van der Waals surface area contributed by atoms with Crippen molar-refractivity contribution in [2.24, 2.45) is 0 Å². The van der Waals surface area contributed by atoms with Gasteiger partial charge in [0, 0.05) is 36.2 Å². The Morgan fingerprint density at radius 1 is 1.00 bits per heavy atom. The first-order valence-electron chi connectivity index (χ1n) is 9.76. The van der Waals surface area contributed by atoms with Crippen LogP contribution in [0.25, 0.3) is 0 Å². The lowest BCUT2D eigenvalue weighted by molar-refractivity contribution is -0.131. The number of sulfonamides is 1. The molecule has 0 saturated carbocycles. The number of rotatable bonds is 6. The minimum Gasteiger partial charge on any atom is -0.339 e. The molecule has 6 nitrogen and oxygen atoms in total. The molecule has 0 radical (unpaired) electrons. The van der Waals surface area contributed by atoms with E-state index in [-0.39, 0.29) is 23.0 Å². The third kappa shape index (κ3) is 5.27. The quantitative estimate of drug-likeness (QED) is 0.647. The normalized spacial score (nSPS) is 15.3. The molecule has 1 saturated heterocycles. The fraction of sp³-hybridized carbons (Fsp3) is 0.381. The first kappa shape index (κ1) is 22.9. The van der Waals surface area contributed by atoms with E-state index in [0.717, 1.165) is 29.5 Å². The summed E-state index contributed by atoms with van der Waals surface area (Å²) in [6.45, 7) is 7.26. The van der Waals surface area contributed by atoms with Gasteiger partial charge in [-0.2, -0.15) is 0 Å². The molecule has 162 valence electrons. The van der Waals surface area contributed by atoms with E-state index < -0.39 is 10.0 Å². The number of hydrogen-bond donors (Lipinski definition) is 0. The highest BCUT2D eigenvalue weighted by atomic mass is 35.5. The van der Waals surface area contributed by atoms with E-state index in [1.807, 2.05) is 6.92 Å². The Hall–Kier alpha value is -1.80. The lowest BCUT2D eigenvalue weighted by atomic mass is 10.2. The van der Waals surface area contributed by atoms with E-state index in [1.165, 1.54) is 30.3 Å². The Labute approximate surface area is 188 Å². The van der Waals surface area contributed by atoms with Gasteiger partial charge in [0.05, 0.1) is 10.6 Å². The van der Waals surface area contributed by atoms with Crippen molar-refractivity contribution < 1.29 is 13.2 Å². The number of likely N-dealkylation sites (N-methyl/N-ethyl adjacent to an activating group) is 1. The maximum absolute atomic E-state index is 13.4. The lowest BCUT2D eigenvalue weighted by Gasteiger charge is -2.35. The number of halogens is 2. The van der Waals surface area contributed by atoms with E-state index in [2.05, 4.69) is 11.8 Å². The summed E-state index contributed by atoms with van der Waals surface area (Å²) in [5, 5.41) is 0.594. The van der Waals surface area contributed by atoms with Crippen LogP contribution < -0.4 is 4.31 Å². The molecule has 2 aromatic rings. The Kier molecular flexibility index (Phi) is 7.29. The Bertz CT molecular complexity index is 984. The van der Waals surface area contributed by atoms with Gasteiger partial charge < -0.3 is 9.80 Å². The van der Waals surface area contributed by atoms with Crippen molar-refractivity contribution in [1.29, 1.82) is 0 Å². The second kappa shape index (κ2) is 9.56. The minimum atomic E-state index is -4.00. The zero-order chi connectivity index (χ0) is 21.9. The van der Waals surface area contributed by atoms with Gasteiger partial charge in [0.1, 0.15) is 6.54 Å². The van der Waals surface area contributed by atoms with Crippen molar-refractivity contribution in [1.82, 2.24) is 9.80 Å². The van der Waals surface area contributed by atoms with Gasteiger partial charge >= 0.3 is 0 Å². The van der Waals surface area contributed by atoms with Crippen molar-refractivity contribution in [3.8, 4) is 0 Å². The largest absolute Gasteiger partial charge is 0.339 e. The van der Waals surface area contributed by atoms with Gasteiger partial charge in [-0.3, -0.25) is 9.10 Å². The van der Waals surface area contributed by atoms with E-state index in [1.54, 1.807) is 17.0 Å². The van der Waals surface area contributed by atoms with E-state index >= 15 is 0 Å². The topological polar surface area (TPSA) is 60.9 Å². The molecule has 1 fully saturated rings. The summed E-state index contributed by atoms with van der Waals surface area (Å²) in [5.41, 5.74) is 1.20. The lowest BCUT2D eigenvalue weighted by Crippen LogP contribution is -2.51. The molecule has 9 heteroatoms. The van der Waals surface area contributed by atoms with E-state index in [0.29, 0.717) is 23.1 Å². The number of aryl methyl sites for hydroxylation is 1. The standard InChI is InChI=1S/C21H25Cl2N3O3S/c1-3-24-8-10-25(11-9-24)21(27)15-26(19-13-17(22)12-18(23)14-19)30(28,29)20-6-4-16(2)5-7-20/h4-7,12-14H,3,8-11,15H2,1-2H3. The second-order valence-electron chi connectivity index (χ2n) is 7.27. The molecular weight excluding hydrogens is 445 g/mol. The van der Waals surface area contributed by atoms with Crippen LogP contribution in [0.1, 0.15) is 12.5 Å². The molecule has 3 rings (SSSR count). The Morgan fingerprint density at radius 3 is 2.10 bits per heavy atom. The van der Waals surface area contributed by atoms with Gasteiger partial charge in [-0.05, 0) is 43.8 Å². The fourth-order valence-electron chi connectivity index (χ4n) is 3.37. The van der Waals surface area contributed by atoms with Crippen molar-refractivity contribution in [3.63, 3.8) is 0 Å². The van der Waals surface area contributed by atoms with Gasteiger partial charge in [-0.25, -0.2) is 8.42 Å². The molecule has 1 aliphatic heterocycles. The number of carbonyl (C=O) groups is 1. The minimum absolute atomic E-state index is 0.104. The molecule has 0 N–H and O–H groups in total. The highest BCUT2D eigenvalue weighted by Gasteiger charge is 2.30. The van der Waals surface area contributed by atoms with Gasteiger partial charge in [-0.15, -0.1) is 0 Å². The first-order valence-corrected chi connectivity index (χ1v) is 12.0. The molecule has 0 aromatic heterocycles. The summed E-state index contributed by atoms with van der Waals surface area (Å²) in [6.07, 6.45) is 0. The van der Waals surface area contributed by atoms with Crippen LogP contribution in [0.5, 0.6) is 0 Å². The number of nitrogens with zero attached hydrogens (tertiary/aromatic N) is 3. The number of anilines is 1. The molecule has 0 atom stereocenters. The van der Waals surface area contributed by atoms with Crippen molar-refractivity contribution in [2.45, 2.75) is 18.7 Å². The third-order valence-electron chi connectivity index (χ3n) is 5.20. The molecule has 1 aliphatic rings. The maximum atomic E-state index is 13.4. The van der Waals surface area contributed by atoms with Gasteiger partial charge in [-0.1, -0.05) is 47.8 Å². The molecule has 0 aliphatic carbocycles. The summed E-state index contributed by atoms with van der Waals surface area (Å²) in [6, 6.07) is 11.0. The van der Waals surface area contributed by atoms with Crippen molar-refractivity contribution in [3.05, 3.63) is 58.1 Å². The molecule has 30 heavy (non-hydrogen) atoms. The van der Waals surface area contributed by atoms with Crippen molar-refractivity contribution in [2.75, 3.05) is 43.6 Å². The number of benzene rings is 2. The summed E-state index contributed by atoms with van der Waals surface area (Å²) >= 11 is 12.2. The number of piperazine rings is 1. The molecule has 0 spiro atoms. The van der Waals surface area contributed by atoms with Crippen LogP contribution in [-0.4, -0.2) is 63.4 Å². The van der Waals surface area contributed by atoms with Crippen LogP contribution in [0.15, 0.2) is 47.4 Å². The zero-order valence-electron chi connectivity index (χ0n) is 17.0. The second-order valence-corrected chi connectivity index (χ2v) is 10.0. The Balaban J connectivity index is 1.94. The smallest absolute Gasteiger partial charge is 0.264 e. The van der Waals surface area contributed by atoms with Crippen LogP contribution in [0.2, 0.25) is 10.0 Å². The fourth-order valence-corrected chi connectivity index (χ4v) is 5.28. The first-order chi connectivity index (χ1) is 14.2. The van der Waals surface area contributed by atoms with Gasteiger partial charge in [0.25, 0.3) is 10.0 Å². The molecule has 0 bridgehead atoms. The van der Waals surface area contributed by atoms with E-state index in [9.17, 15) is 13.2 Å². The predicted octanol–water partition coefficient (Wildman–Crippen LogP) is 3.66. The number of hydrogen-bond acceptors (Lipinski definition) is 4. The summed E-state index contributed by atoms with van der Waals surface area (Å²) < 4.78 is 28.0. The van der Waals surface area contributed by atoms with Gasteiger partial charge in [0.15, 0.2) is 0 Å².